The maximum absolute atomic E-state index is 14.4. The molecular formula is C14H20FN. The van der Waals surface area contributed by atoms with Gasteiger partial charge in [0.2, 0.25) is 0 Å². The standard InChI is InChI=1S/C14H20FN/c1-2-12-3-5-13(6-4-12)11-14(15)7-9-16-10-8-14/h3-6,16H,2,7-11H2,1H3. The molecule has 0 saturated carbocycles. The van der Waals surface area contributed by atoms with E-state index in [1.807, 2.05) is 0 Å². The van der Waals surface area contributed by atoms with E-state index < -0.39 is 5.67 Å². The molecule has 1 N–H and O–H groups in total. The molecule has 1 aromatic rings. The zero-order valence-electron chi connectivity index (χ0n) is 9.93. The van der Waals surface area contributed by atoms with Crippen LogP contribution in [0.4, 0.5) is 4.39 Å². The Morgan fingerprint density at radius 2 is 1.69 bits per heavy atom. The molecular weight excluding hydrogens is 201 g/mol. The van der Waals surface area contributed by atoms with Gasteiger partial charge in [-0.2, -0.15) is 0 Å². The molecule has 0 unspecified atom stereocenters. The van der Waals surface area contributed by atoms with E-state index in [1.54, 1.807) is 0 Å². The molecule has 1 aliphatic heterocycles. The van der Waals surface area contributed by atoms with Crippen LogP contribution in [0.5, 0.6) is 0 Å². The molecule has 1 heterocycles. The molecule has 2 heteroatoms. The van der Waals surface area contributed by atoms with Crippen LogP contribution in [0.15, 0.2) is 24.3 Å². The van der Waals surface area contributed by atoms with E-state index in [9.17, 15) is 4.39 Å². The van der Waals surface area contributed by atoms with Crippen LogP contribution in [0.2, 0.25) is 0 Å². The highest BCUT2D eigenvalue weighted by atomic mass is 19.1. The van der Waals surface area contributed by atoms with Crippen molar-refractivity contribution in [3.8, 4) is 0 Å². The van der Waals surface area contributed by atoms with E-state index in [1.165, 1.54) is 5.56 Å². The smallest absolute Gasteiger partial charge is 0.117 e. The largest absolute Gasteiger partial charge is 0.316 e. The lowest BCUT2D eigenvalue weighted by Crippen LogP contribution is -2.40. The van der Waals surface area contributed by atoms with Crippen molar-refractivity contribution in [2.24, 2.45) is 0 Å². The Morgan fingerprint density at radius 1 is 1.12 bits per heavy atom. The van der Waals surface area contributed by atoms with Crippen molar-refractivity contribution in [2.45, 2.75) is 38.3 Å². The van der Waals surface area contributed by atoms with Crippen LogP contribution < -0.4 is 5.32 Å². The second-order valence-corrected chi connectivity index (χ2v) is 4.75. The summed E-state index contributed by atoms with van der Waals surface area (Å²) < 4.78 is 14.4. The summed E-state index contributed by atoms with van der Waals surface area (Å²) in [4.78, 5) is 0. The highest BCUT2D eigenvalue weighted by Gasteiger charge is 2.31. The normalized spacial score (nSPS) is 19.6. The van der Waals surface area contributed by atoms with Crippen LogP contribution >= 0.6 is 0 Å². The topological polar surface area (TPSA) is 12.0 Å². The predicted octanol–water partition coefficient (Wildman–Crippen LogP) is 2.88. The second kappa shape index (κ2) is 4.96. The molecule has 1 aromatic carbocycles. The van der Waals surface area contributed by atoms with Crippen molar-refractivity contribution in [1.82, 2.24) is 5.32 Å². The molecule has 2 rings (SSSR count). The van der Waals surface area contributed by atoms with Crippen molar-refractivity contribution in [2.75, 3.05) is 13.1 Å². The maximum Gasteiger partial charge on any atom is 0.117 e. The first kappa shape index (κ1) is 11.6. The highest BCUT2D eigenvalue weighted by molar-refractivity contribution is 5.24. The van der Waals surface area contributed by atoms with E-state index in [-0.39, 0.29) is 0 Å². The molecule has 0 aromatic heterocycles. The average molecular weight is 221 g/mol. The van der Waals surface area contributed by atoms with Crippen LogP contribution in [-0.4, -0.2) is 18.8 Å². The van der Waals surface area contributed by atoms with Crippen LogP contribution in [0, 0.1) is 0 Å². The first-order valence-electron chi connectivity index (χ1n) is 6.19. The van der Waals surface area contributed by atoms with E-state index in [4.69, 9.17) is 0 Å². The van der Waals surface area contributed by atoms with E-state index in [0.29, 0.717) is 19.3 Å². The van der Waals surface area contributed by atoms with E-state index in [2.05, 4.69) is 36.5 Å². The van der Waals surface area contributed by atoms with E-state index in [0.717, 1.165) is 25.1 Å². The molecule has 1 aliphatic rings. The summed E-state index contributed by atoms with van der Waals surface area (Å²) in [5.74, 6) is 0. The Labute approximate surface area is 97.1 Å². The Morgan fingerprint density at radius 3 is 2.25 bits per heavy atom. The van der Waals surface area contributed by atoms with Crippen molar-refractivity contribution in [3.05, 3.63) is 35.4 Å². The minimum Gasteiger partial charge on any atom is -0.316 e. The maximum atomic E-state index is 14.4. The van der Waals surface area contributed by atoms with Crippen molar-refractivity contribution < 1.29 is 4.39 Å². The third-order valence-corrected chi connectivity index (χ3v) is 3.45. The summed E-state index contributed by atoms with van der Waals surface area (Å²) in [6.45, 7) is 3.76. The zero-order chi connectivity index (χ0) is 11.4. The Hall–Kier alpha value is -0.890. The monoisotopic (exact) mass is 221 g/mol. The number of piperidine rings is 1. The summed E-state index contributed by atoms with van der Waals surface area (Å²) in [7, 11) is 0. The summed E-state index contributed by atoms with van der Waals surface area (Å²) in [6.07, 6.45) is 2.90. The van der Waals surface area contributed by atoms with Gasteiger partial charge in [-0.05, 0) is 43.5 Å². The quantitative estimate of drug-likeness (QED) is 0.827. The highest BCUT2D eigenvalue weighted by Crippen LogP contribution is 2.27. The molecule has 0 aliphatic carbocycles. The molecule has 0 bridgehead atoms. The summed E-state index contributed by atoms with van der Waals surface area (Å²) in [5.41, 5.74) is 1.46. The zero-order valence-corrected chi connectivity index (χ0v) is 9.93. The van der Waals surface area contributed by atoms with Gasteiger partial charge in [0.05, 0.1) is 0 Å². The van der Waals surface area contributed by atoms with Crippen LogP contribution in [0.25, 0.3) is 0 Å². The first-order chi connectivity index (χ1) is 7.72. The molecule has 1 nitrogen and oxygen atoms in total. The van der Waals surface area contributed by atoms with Crippen LogP contribution in [-0.2, 0) is 12.8 Å². The molecule has 16 heavy (non-hydrogen) atoms. The molecule has 0 spiro atoms. The number of aryl methyl sites for hydroxylation is 1. The number of rotatable bonds is 3. The molecule has 0 amide bonds. The predicted molar refractivity (Wildman–Crippen MR) is 65.5 cm³/mol. The van der Waals surface area contributed by atoms with Gasteiger partial charge >= 0.3 is 0 Å². The van der Waals surface area contributed by atoms with Gasteiger partial charge in [0.1, 0.15) is 5.67 Å². The van der Waals surface area contributed by atoms with Gasteiger partial charge in [-0.25, -0.2) is 4.39 Å². The lowest BCUT2D eigenvalue weighted by molar-refractivity contribution is 0.116. The number of nitrogens with one attached hydrogen (secondary N) is 1. The van der Waals surface area contributed by atoms with E-state index >= 15 is 0 Å². The van der Waals surface area contributed by atoms with Gasteiger partial charge in [-0.1, -0.05) is 31.2 Å². The number of hydrogen-bond donors (Lipinski definition) is 1. The summed E-state index contributed by atoms with van der Waals surface area (Å²) >= 11 is 0. The average Bonchev–Trinajstić information content (AvgIpc) is 2.30. The first-order valence-corrected chi connectivity index (χ1v) is 6.19. The Bertz CT molecular complexity index is 325. The minimum atomic E-state index is -0.987. The number of hydrogen-bond acceptors (Lipinski definition) is 1. The Kier molecular flexibility index (Phi) is 3.59. The summed E-state index contributed by atoms with van der Waals surface area (Å²) in [6, 6.07) is 8.37. The molecule has 88 valence electrons. The third-order valence-electron chi connectivity index (χ3n) is 3.45. The van der Waals surface area contributed by atoms with Gasteiger partial charge < -0.3 is 5.32 Å². The molecule has 1 saturated heterocycles. The fourth-order valence-electron chi connectivity index (χ4n) is 2.31. The molecule has 0 atom stereocenters. The van der Waals surface area contributed by atoms with Gasteiger partial charge in [0.25, 0.3) is 0 Å². The number of alkyl halides is 1. The lowest BCUT2D eigenvalue weighted by Gasteiger charge is -2.30. The van der Waals surface area contributed by atoms with Gasteiger partial charge in [-0.15, -0.1) is 0 Å². The molecule has 0 radical (unpaired) electrons. The minimum absolute atomic E-state index is 0.568. The fraction of sp³-hybridized carbons (Fsp3) is 0.571. The Balaban J connectivity index is 2.01. The van der Waals surface area contributed by atoms with Gasteiger partial charge in [0.15, 0.2) is 0 Å². The number of benzene rings is 1. The van der Waals surface area contributed by atoms with Crippen LogP contribution in [0.1, 0.15) is 30.9 Å². The second-order valence-electron chi connectivity index (χ2n) is 4.75. The van der Waals surface area contributed by atoms with Crippen LogP contribution in [0.3, 0.4) is 0 Å². The van der Waals surface area contributed by atoms with Gasteiger partial charge in [-0.3, -0.25) is 0 Å². The number of halogens is 1. The van der Waals surface area contributed by atoms with Crippen molar-refractivity contribution in [1.29, 1.82) is 0 Å². The molecule has 1 fully saturated rings. The third kappa shape index (κ3) is 2.82. The summed E-state index contributed by atoms with van der Waals surface area (Å²) in [5, 5.41) is 3.20. The fourth-order valence-corrected chi connectivity index (χ4v) is 2.31. The lowest BCUT2D eigenvalue weighted by atomic mass is 9.87. The van der Waals surface area contributed by atoms with Gasteiger partial charge in [0, 0.05) is 6.42 Å². The van der Waals surface area contributed by atoms with Crippen molar-refractivity contribution in [3.63, 3.8) is 0 Å². The SMILES string of the molecule is CCc1ccc(CC2(F)CCNCC2)cc1. The van der Waals surface area contributed by atoms with Crippen molar-refractivity contribution >= 4 is 0 Å².